The van der Waals surface area contributed by atoms with Crippen LogP contribution < -0.4 is 15.4 Å². The number of benzene rings is 2. The van der Waals surface area contributed by atoms with E-state index in [9.17, 15) is 9.18 Å². The van der Waals surface area contributed by atoms with Crippen LogP contribution in [0.25, 0.3) is 0 Å². The molecule has 120 valence electrons. The Kier molecular flexibility index (Phi) is 4.88. The molecule has 1 aliphatic rings. The lowest BCUT2D eigenvalue weighted by Crippen LogP contribution is -2.39. The van der Waals surface area contributed by atoms with Crippen LogP contribution >= 0.6 is 0 Å². The van der Waals surface area contributed by atoms with Gasteiger partial charge in [0.2, 0.25) is 5.91 Å². The Morgan fingerprint density at radius 1 is 1.22 bits per heavy atom. The van der Waals surface area contributed by atoms with Crippen molar-refractivity contribution >= 4 is 5.91 Å². The summed E-state index contributed by atoms with van der Waals surface area (Å²) in [7, 11) is 0. The summed E-state index contributed by atoms with van der Waals surface area (Å²) in [5.41, 5.74) is 0.989. The molecular weight excluding hydrogens is 295 g/mol. The maximum absolute atomic E-state index is 13.1. The third-order valence-electron chi connectivity index (χ3n) is 3.80. The summed E-state index contributed by atoms with van der Waals surface area (Å²) in [6, 6.07) is 13.3. The second-order valence-corrected chi connectivity index (χ2v) is 5.57. The van der Waals surface area contributed by atoms with E-state index in [0.29, 0.717) is 18.0 Å². The number of carbonyl (C=O) groups is 1. The molecule has 1 saturated heterocycles. The van der Waals surface area contributed by atoms with Gasteiger partial charge in [-0.3, -0.25) is 4.79 Å². The SMILES string of the molecule is O=C(NCc1ccc(Oc2cccc(F)c2)cc1)[C@@H]1CCCN1. The number of ether oxygens (including phenoxy) is 1. The highest BCUT2D eigenvalue weighted by molar-refractivity contribution is 5.81. The number of hydrogen-bond acceptors (Lipinski definition) is 3. The van der Waals surface area contributed by atoms with Gasteiger partial charge in [-0.25, -0.2) is 4.39 Å². The number of carbonyl (C=O) groups excluding carboxylic acids is 1. The molecule has 0 aliphatic carbocycles. The summed E-state index contributed by atoms with van der Waals surface area (Å²) < 4.78 is 18.7. The van der Waals surface area contributed by atoms with Gasteiger partial charge in [-0.05, 0) is 49.2 Å². The van der Waals surface area contributed by atoms with Crippen molar-refractivity contribution in [2.75, 3.05) is 6.54 Å². The number of nitrogens with one attached hydrogen (secondary N) is 2. The number of rotatable bonds is 5. The minimum Gasteiger partial charge on any atom is -0.457 e. The monoisotopic (exact) mass is 314 g/mol. The standard InChI is InChI=1S/C18H19FN2O2/c19-14-3-1-4-16(11-14)23-15-8-6-13(7-9-15)12-21-18(22)17-5-2-10-20-17/h1,3-4,6-9,11,17,20H,2,5,10,12H2,(H,21,22)/t17-/m0/s1. The van der Waals surface area contributed by atoms with Crippen molar-refractivity contribution in [2.45, 2.75) is 25.4 Å². The first-order valence-corrected chi connectivity index (χ1v) is 7.74. The Balaban J connectivity index is 1.53. The lowest BCUT2D eigenvalue weighted by Gasteiger charge is -2.11. The summed E-state index contributed by atoms with van der Waals surface area (Å²) in [6.45, 7) is 1.39. The lowest BCUT2D eigenvalue weighted by atomic mass is 10.2. The Morgan fingerprint density at radius 3 is 2.74 bits per heavy atom. The van der Waals surface area contributed by atoms with Crippen LogP contribution in [-0.2, 0) is 11.3 Å². The van der Waals surface area contributed by atoms with Crippen molar-refractivity contribution < 1.29 is 13.9 Å². The van der Waals surface area contributed by atoms with Gasteiger partial charge in [0.15, 0.2) is 0 Å². The fourth-order valence-electron chi connectivity index (χ4n) is 2.56. The molecular formula is C18H19FN2O2. The molecule has 0 unspecified atom stereocenters. The maximum atomic E-state index is 13.1. The molecule has 1 heterocycles. The van der Waals surface area contributed by atoms with Gasteiger partial charge in [0.05, 0.1) is 6.04 Å². The van der Waals surface area contributed by atoms with E-state index in [1.807, 2.05) is 12.1 Å². The highest BCUT2D eigenvalue weighted by atomic mass is 19.1. The predicted molar refractivity (Wildman–Crippen MR) is 85.8 cm³/mol. The molecule has 1 aliphatic heterocycles. The molecule has 1 amide bonds. The van der Waals surface area contributed by atoms with Crippen LogP contribution in [0.3, 0.4) is 0 Å². The third-order valence-corrected chi connectivity index (χ3v) is 3.80. The van der Waals surface area contributed by atoms with Crippen LogP contribution in [-0.4, -0.2) is 18.5 Å². The van der Waals surface area contributed by atoms with Crippen molar-refractivity contribution in [1.82, 2.24) is 10.6 Å². The van der Waals surface area contributed by atoms with Crippen molar-refractivity contribution in [3.8, 4) is 11.5 Å². The number of amides is 1. The second-order valence-electron chi connectivity index (χ2n) is 5.57. The van der Waals surface area contributed by atoms with E-state index in [-0.39, 0.29) is 17.8 Å². The van der Waals surface area contributed by atoms with Crippen LogP contribution in [0, 0.1) is 5.82 Å². The topological polar surface area (TPSA) is 50.4 Å². The maximum Gasteiger partial charge on any atom is 0.237 e. The molecule has 23 heavy (non-hydrogen) atoms. The van der Waals surface area contributed by atoms with E-state index in [0.717, 1.165) is 24.9 Å². The molecule has 0 bridgehead atoms. The first-order chi connectivity index (χ1) is 11.2. The zero-order chi connectivity index (χ0) is 16.1. The second kappa shape index (κ2) is 7.24. The number of halogens is 1. The molecule has 5 heteroatoms. The van der Waals surface area contributed by atoms with Crippen LogP contribution in [0.15, 0.2) is 48.5 Å². The molecule has 1 fully saturated rings. The minimum atomic E-state index is -0.331. The van der Waals surface area contributed by atoms with E-state index in [2.05, 4.69) is 10.6 Å². The first kappa shape index (κ1) is 15.5. The number of hydrogen-bond donors (Lipinski definition) is 2. The zero-order valence-electron chi connectivity index (χ0n) is 12.7. The molecule has 0 aromatic heterocycles. The summed E-state index contributed by atoms with van der Waals surface area (Å²) in [6.07, 6.45) is 1.94. The fourth-order valence-corrected chi connectivity index (χ4v) is 2.56. The van der Waals surface area contributed by atoms with Crippen molar-refractivity contribution in [2.24, 2.45) is 0 Å². The van der Waals surface area contributed by atoms with Crippen LogP contribution in [0.4, 0.5) is 4.39 Å². The average molecular weight is 314 g/mol. The molecule has 0 spiro atoms. The lowest BCUT2D eigenvalue weighted by molar-refractivity contribution is -0.122. The Bertz CT molecular complexity index is 667. The van der Waals surface area contributed by atoms with Gasteiger partial charge >= 0.3 is 0 Å². The summed E-state index contributed by atoms with van der Waals surface area (Å²) in [5.74, 6) is 0.798. The molecule has 4 nitrogen and oxygen atoms in total. The highest BCUT2D eigenvalue weighted by Crippen LogP contribution is 2.22. The summed E-state index contributed by atoms with van der Waals surface area (Å²) in [4.78, 5) is 11.9. The largest absolute Gasteiger partial charge is 0.457 e. The molecule has 2 aromatic rings. The molecule has 2 N–H and O–H groups in total. The first-order valence-electron chi connectivity index (χ1n) is 7.74. The quantitative estimate of drug-likeness (QED) is 0.892. The van der Waals surface area contributed by atoms with Gasteiger partial charge in [-0.15, -0.1) is 0 Å². The molecule has 0 saturated carbocycles. The van der Waals surface area contributed by atoms with Gasteiger partial charge < -0.3 is 15.4 Å². The Morgan fingerprint density at radius 2 is 2.04 bits per heavy atom. The van der Waals surface area contributed by atoms with E-state index in [4.69, 9.17) is 4.74 Å². The van der Waals surface area contributed by atoms with Crippen LogP contribution in [0.5, 0.6) is 11.5 Å². The van der Waals surface area contributed by atoms with E-state index >= 15 is 0 Å². The minimum absolute atomic E-state index is 0.0441. The van der Waals surface area contributed by atoms with Gasteiger partial charge in [0.25, 0.3) is 0 Å². The fraction of sp³-hybridized carbons (Fsp3) is 0.278. The van der Waals surface area contributed by atoms with Crippen molar-refractivity contribution in [1.29, 1.82) is 0 Å². The van der Waals surface area contributed by atoms with Gasteiger partial charge in [-0.1, -0.05) is 18.2 Å². The highest BCUT2D eigenvalue weighted by Gasteiger charge is 2.21. The third kappa shape index (κ3) is 4.29. The van der Waals surface area contributed by atoms with Crippen LogP contribution in [0.1, 0.15) is 18.4 Å². The normalized spacial score (nSPS) is 17.0. The van der Waals surface area contributed by atoms with Crippen molar-refractivity contribution in [3.63, 3.8) is 0 Å². The molecule has 1 atom stereocenters. The summed E-state index contributed by atoms with van der Waals surface area (Å²) >= 11 is 0. The van der Waals surface area contributed by atoms with Gasteiger partial charge in [-0.2, -0.15) is 0 Å². The molecule has 2 aromatic carbocycles. The Labute approximate surface area is 134 Å². The predicted octanol–water partition coefficient (Wildman–Crippen LogP) is 2.99. The van der Waals surface area contributed by atoms with Gasteiger partial charge in [0.1, 0.15) is 17.3 Å². The molecule has 0 radical (unpaired) electrons. The summed E-state index contributed by atoms with van der Waals surface area (Å²) in [5, 5.41) is 6.10. The van der Waals surface area contributed by atoms with E-state index in [1.54, 1.807) is 24.3 Å². The van der Waals surface area contributed by atoms with E-state index in [1.165, 1.54) is 12.1 Å². The van der Waals surface area contributed by atoms with Crippen LogP contribution in [0.2, 0.25) is 0 Å². The average Bonchev–Trinajstić information content (AvgIpc) is 3.08. The Hall–Kier alpha value is -2.40. The van der Waals surface area contributed by atoms with E-state index < -0.39 is 0 Å². The van der Waals surface area contributed by atoms with Crippen molar-refractivity contribution in [3.05, 3.63) is 59.9 Å². The van der Waals surface area contributed by atoms with Gasteiger partial charge in [0, 0.05) is 12.6 Å². The smallest absolute Gasteiger partial charge is 0.237 e. The molecule has 3 rings (SSSR count). The zero-order valence-corrected chi connectivity index (χ0v) is 12.7.